The minimum absolute atomic E-state index is 0.186. The summed E-state index contributed by atoms with van der Waals surface area (Å²) in [5.74, 6) is -0.736. The summed E-state index contributed by atoms with van der Waals surface area (Å²) in [6.07, 6.45) is 2.70. The molecule has 2 saturated heterocycles. The van der Waals surface area contributed by atoms with Crippen LogP contribution in [0.5, 0.6) is 0 Å². The molecule has 104 valence electrons. The number of hydrogen-bond donors (Lipinski definition) is 1. The van der Waals surface area contributed by atoms with E-state index in [1.807, 2.05) is 7.05 Å². The van der Waals surface area contributed by atoms with Crippen molar-refractivity contribution in [1.82, 2.24) is 4.90 Å². The Morgan fingerprint density at radius 3 is 2.78 bits per heavy atom. The Morgan fingerprint density at radius 2 is 2.28 bits per heavy atom. The van der Waals surface area contributed by atoms with E-state index in [4.69, 9.17) is 9.47 Å². The van der Waals surface area contributed by atoms with Gasteiger partial charge in [-0.3, -0.25) is 9.69 Å². The van der Waals surface area contributed by atoms with E-state index < -0.39 is 11.4 Å². The predicted molar refractivity (Wildman–Crippen MR) is 66.6 cm³/mol. The lowest BCUT2D eigenvalue weighted by Gasteiger charge is -2.38. The molecule has 3 unspecified atom stereocenters. The fraction of sp³-hybridized carbons (Fsp3) is 0.923. The second-order valence-electron chi connectivity index (χ2n) is 5.59. The topological polar surface area (TPSA) is 59.0 Å². The van der Waals surface area contributed by atoms with Crippen molar-refractivity contribution in [2.75, 3.05) is 33.4 Å². The highest BCUT2D eigenvalue weighted by Crippen LogP contribution is 2.31. The molecule has 2 aliphatic rings. The van der Waals surface area contributed by atoms with Crippen molar-refractivity contribution in [2.24, 2.45) is 5.41 Å². The lowest BCUT2D eigenvalue weighted by Crippen LogP contribution is -2.51. The molecular formula is C13H23NO4. The molecule has 0 amide bonds. The summed E-state index contributed by atoms with van der Waals surface area (Å²) in [6.45, 7) is 4.38. The van der Waals surface area contributed by atoms with E-state index in [9.17, 15) is 9.90 Å². The lowest BCUT2D eigenvalue weighted by atomic mass is 9.81. The van der Waals surface area contributed by atoms with Gasteiger partial charge >= 0.3 is 5.97 Å². The van der Waals surface area contributed by atoms with Gasteiger partial charge in [0.2, 0.25) is 0 Å². The zero-order valence-corrected chi connectivity index (χ0v) is 11.2. The second kappa shape index (κ2) is 5.55. The Kier molecular flexibility index (Phi) is 4.25. The molecule has 0 saturated carbocycles. The van der Waals surface area contributed by atoms with Gasteiger partial charge in [-0.05, 0) is 33.2 Å². The zero-order chi connectivity index (χ0) is 13.2. The molecule has 5 nitrogen and oxygen atoms in total. The summed E-state index contributed by atoms with van der Waals surface area (Å²) in [4.78, 5) is 13.7. The largest absolute Gasteiger partial charge is 0.481 e. The van der Waals surface area contributed by atoms with Gasteiger partial charge in [-0.1, -0.05) is 0 Å². The summed E-state index contributed by atoms with van der Waals surface area (Å²) < 4.78 is 10.9. The quantitative estimate of drug-likeness (QED) is 0.813. The molecule has 0 aliphatic carbocycles. The number of hydrogen-bond acceptors (Lipinski definition) is 4. The number of carboxylic acids is 1. The van der Waals surface area contributed by atoms with Crippen LogP contribution in [0.1, 0.15) is 26.2 Å². The fourth-order valence-electron chi connectivity index (χ4n) is 3.11. The molecule has 1 N–H and O–H groups in total. The molecule has 2 rings (SSSR count). The molecular weight excluding hydrogens is 234 g/mol. The molecule has 0 aromatic heterocycles. The highest BCUT2D eigenvalue weighted by molar-refractivity contribution is 5.75. The Hall–Kier alpha value is -0.650. The Balaban J connectivity index is 2.02. The normalized spacial score (nSPS) is 37.1. The minimum atomic E-state index is -0.741. The van der Waals surface area contributed by atoms with E-state index in [0.717, 1.165) is 19.4 Å². The maximum Gasteiger partial charge on any atom is 0.313 e. The smallest absolute Gasteiger partial charge is 0.313 e. The number of carbonyl (C=O) groups is 1. The average molecular weight is 257 g/mol. The summed E-state index contributed by atoms with van der Waals surface area (Å²) in [5.41, 5.74) is -0.741. The summed E-state index contributed by atoms with van der Waals surface area (Å²) in [6, 6.07) is 0.322. The van der Waals surface area contributed by atoms with Crippen LogP contribution in [0, 0.1) is 5.41 Å². The molecule has 2 heterocycles. The Labute approximate surface area is 108 Å². The molecule has 0 bridgehead atoms. The molecule has 5 heteroatoms. The number of nitrogens with zero attached hydrogens (tertiary/aromatic N) is 1. The molecule has 0 spiro atoms. The van der Waals surface area contributed by atoms with E-state index in [1.165, 1.54) is 0 Å². The van der Waals surface area contributed by atoms with Crippen molar-refractivity contribution < 1.29 is 19.4 Å². The van der Waals surface area contributed by atoms with Crippen molar-refractivity contribution in [3.05, 3.63) is 0 Å². The van der Waals surface area contributed by atoms with Crippen LogP contribution in [0.25, 0.3) is 0 Å². The number of carboxylic acid groups (broad SMARTS) is 1. The minimum Gasteiger partial charge on any atom is -0.481 e. The lowest BCUT2D eigenvalue weighted by molar-refractivity contribution is -0.159. The molecule has 3 atom stereocenters. The molecule has 0 radical (unpaired) electrons. The van der Waals surface area contributed by atoms with Gasteiger partial charge in [-0.15, -0.1) is 0 Å². The van der Waals surface area contributed by atoms with Gasteiger partial charge in [0.05, 0.1) is 12.7 Å². The maximum absolute atomic E-state index is 11.6. The SMILES string of the molecule is CC1OCCC1N(C)CC1(C(=O)O)CCCOC1. The monoisotopic (exact) mass is 257 g/mol. The first-order valence-corrected chi connectivity index (χ1v) is 6.68. The van der Waals surface area contributed by atoms with Crippen LogP contribution in [0.2, 0.25) is 0 Å². The number of rotatable bonds is 4. The fourth-order valence-corrected chi connectivity index (χ4v) is 3.11. The Bertz CT molecular complexity index is 301. The number of aliphatic carboxylic acids is 1. The van der Waals surface area contributed by atoms with Crippen molar-refractivity contribution in [2.45, 2.75) is 38.3 Å². The van der Waals surface area contributed by atoms with Crippen LogP contribution in [-0.4, -0.2) is 61.5 Å². The van der Waals surface area contributed by atoms with Crippen LogP contribution < -0.4 is 0 Å². The van der Waals surface area contributed by atoms with Gasteiger partial charge in [0, 0.05) is 25.8 Å². The maximum atomic E-state index is 11.6. The zero-order valence-electron chi connectivity index (χ0n) is 11.2. The average Bonchev–Trinajstić information content (AvgIpc) is 2.76. The van der Waals surface area contributed by atoms with Crippen LogP contribution in [0.15, 0.2) is 0 Å². The highest BCUT2D eigenvalue weighted by atomic mass is 16.5. The van der Waals surface area contributed by atoms with Crippen molar-refractivity contribution in [3.63, 3.8) is 0 Å². The molecule has 0 aromatic rings. The summed E-state index contributed by atoms with van der Waals surface area (Å²) >= 11 is 0. The van der Waals surface area contributed by atoms with E-state index in [0.29, 0.717) is 32.2 Å². The molecule has 18 heavy (non-hydrogen) atoms. The highest BCUT2D eigenvalue weighted by Gasteiger charge is 2.43. The van der Waals surface area contributed by atoms with Gasteiger partial charge in [-0.25, -0.2) is 0 Å². The van der Waals surface area contributed by atoms with Gasteiger partial charge < -0.3 is 14.6 Å². The van der Waals surface area contributed by atoms with E-state index in [2.05, 4.69) is 11.8 Å². The third-order valence-electron chi connectivity index (χ3n) is 4.23. The third-order valence-corrected chi connectivity index (χ3v) is 4.23. The molecule has 2 fully saturated rings. The van der Waals surface area contributed by atoms with Crippen molar-refractivity contribution >= 4 is 5.97 Å². The first-order chi connectivity index (χ1) is 8.55. The van der Waals surface area contributed by atoms with Crippen LogP contribution >= 0.6 is 0 Å². The van der Waals surface area contributed by atoms with Crippen LogP contribution in [0.3, 0.4) is 0 Å². The number of ether oxygens (including phenoxy) is 2. The first-order valence-electron chi connectivity index (χ1n) is 6.68. The van der Waals surface area contributed by atoms with Crippen LogP contribution in [-0.2, 0) is 14.3 Å². The second-order valence-corrected chi connectivity index (χ2v) is 5.59. The van der Waals surface area contributed by atoms with Gasteiger partial charge in [0.15, 0.2) is 0 Å². The molecule has 0 aromatic carbocycles. The Morgan fingerprint density at radius 1 is 1.50 bits per heavy atom. The van der Waals surface area contributed by atoms with Gasteiger partial charge in [0.25, 0.3) is 0 Å². The third kappa shape index (κ3) is 2.68. The van der Waals surface area contributed by atoms with E-state index in [1.54, 1.807) is 0 Å². The first kappa shape index (κ1) is 13.8. The number of likely N-dealkylation sites (N-methyl/N-ethyl adjacent to an activating group) is 1. The van der Waals surface area contributed by atoms with E-state index >= 15 is 0 Å². The standard InChI is InChI=1S/C13H23NO4/c1-10-11(4-7-18-10)14(2)8-13(12(15)16)5-3-6-17-9-13/h10-11H,3-9H2,1-2H3,(H,15,16). The van der Waals surface area contributed by atoms with Crippen molar-refractivity contribution in [3.8, 4) is 0 Å². The molecule has 2 aliphatic heterocycles. The summed E-state index contributed by atoms with van der Waals surface area (Å²) in [5, 5.41) is 9.51. The summed E-state index contributed by atoms with van der Waals surface area (Å²) in [7, 11) is 2.00. The van der Waals surface area contributed by atoms with E-state index in [-0.39, 0.29) is 6.10 Å². The van der Waals surface area contributed by atoms with Gasteiger partial charge in [-0.2, -0.15) is 0 Å². The predicted octanol–water partition coefficient (Wildman–Crippen LogP) is 0.977. The van der Waals surface area contributed by atoms with Crippen LogP contribution in [0.4, 0.5) is 0 Å². The van der Waals surface area contributed by atoms with Gasteiger partial charge in [0.1, 0.15) is 5.41 Å². The van der Waals surface area contributed by atoms with Crippen molar-refractivity contribution in [1.29, 1.82) is 0 Å².